The summed E-state index contributed by atoms with van der Waals surface area (Å²) in [7, 11) is 0. The Kier molecular flexibility index (Phi) is 5.60. The lowest BCUT2D eigenvalue weighted by molar-refractivity contribution is -0.152. The minimum atomic E-state index is -0.963. The first-order valence-electron chi connectivity index (χ1n) is 8.68. The second-order valence-corrected chi connectivity index (χ2v) is 6.93. The molecule has 1 aromatic carbocycles. The number of nitrogens with zero attached hydrogens (tertiary/aromatic N) is 4. The van der Waals surface area contributed by atoms with E-state index >= 15 is 0 Å². The second kappa shape index (κ2) is 7.93. The molecule has 0 saturated carbocycles. The van der Waals surface area contributed by atoms with Gasteiger partial charge in [-0.25, -0.2) is 9.50 Å². The van der Waals surface area contributed by atoms with Gasteiger partial charge in [-0.05, 0) is 45.4 Å². The fourth-order valence-electron chi connectivity index (χ4n) is 2.81. The van der Waals surface area contributed by atoms with Crippen molar-refractivity contribution in [3.8, 4) is 0 Å². The number of fused-ring (bicyclic) bond motifs is 1. The maximum absolute atomic E-state index is 12.4. The third-order valence-corrected chi connectivity index (χ3v) is 4.68. The van der Waals surface area contributed by atoms with E-state index in [4.69, 9.17) is 16.3 Å². The first-order chi connectivity index (χ1) is 13.3. The van der Waals surface area contributed by atoms with Crippen molar-refractivity contribution in [3.63, 3.8) is 0 Å². The number of carbonyl (C=O) groups is 2. The lowest BCUT2D eigenvalue weighted by Crippen LogP contribution is -2.31. The standard InChI is InChI=1S/C19H20ClN5O3/c1-10-5-6-14(20)7-16(10)24-18(27)13(4)28-17(26)8-15-11(2)23-19-21-9-22-25(19)12(15)3/h5-7,9,13H,8H2,1-4H3,(H,24,27)/t13-/m1/s1. The van der Waals surface area contributed by atoms with Gasteiger partial charge in [0.2, 0.25) is 0 Å². The highest BCUT2D eigenvalue weighted by atomic mass is 35.5. The van der Waals surface area contributed by atoms with Crippen molar-refractivity contribution in [2.24, 2.45) is 0 Å². The summed E-state index contributed by atoms with van der Waals surface area (Å²) in [5, 5.41) is 7.33. The smallest absolute Gasteiger partial charge is 0.311 e. The predicted molar refractivity (Wildman–Crippen MR) is 104 cm³/mol. The van der Waals surface area contributed by atoms with Gasteiger partial charge in [0.05, 0.1) is 6.42 Å². The number of rotatable bonds is 5. The number of esters is 1. The van der Waals surface area contributed by atoms with E-state index in [2.05, 4.69) is 20.4 Å². The van der Waals surface area contributed by atoms with Crippen LogP contribution in [0, 0.1) is 20.8 Å². The maximum Gasteiger partial charge on any atom is 0.311 e. The molecule has 146 valence electrons. The molecule has 0 aliphatic rings. The summed E-state index contributed by atoms with van der Waals surface area (Å²) in [5.74, 6) is -0.494. The number of hydrogen-bond donors (Lipinski definition) is 1. The summed E-state index contributed by atoms with van der Waals surface area (Å²) in [5.41, 5.74) is 3.55. The Labute approximate surface area is 166 Å². The van der Waals surface area contributed by atoms with Crippen LogP contribution in [0.2, 0.25) is 5.02 Å². The van der Waals surface area contributed by atoms with Crippen LogP contribution in [0.15, 0.2) is 24.5 Å². The van der Waals surface area contributed by atoms with Crippen LogP contribution in [-0.2, 0) is 20.7 Å². The summed E-state index contributed by atoms with van der Waals surface area (Å²) < 4.78 is 6.87. The molecule has 1 amide bonds. The Bertz CT molecular complexity index is 1060. The molecule has 3 aromatic rings. The quantitative estimate of drug-likeness (QED) is 0.660. The molecule has 0 aliphatic heterocycles. The number of amides is 1. The molecular weight excluding hydrogens is 382 g/mol. The fraction of sp³-hybridized carbons (Fsp3) is 0.316. The summed E-state index contributed by atoms with van der Waals surface area (Å²) in [6.45, 7) is 6.99. The molecule has 0 fully saturated rings. The summed E-state index contributed by atoms with van der Waals surface area (Å²) in [4.78, 5) is 33.1. The largest absolute Gasteiger partial charge is 0.452 e. The maximum atomic E-state index is 12.4. The van der Waals surface area contributed by atoms with E-state index in [0.29, 0.717) is 27.7 Å². The van der Waals surface area contributed by atoms with Gasteiger partial charge in [0.25, 0.3) is 11.7 Å². The van der Waals surface area contributed by atoms with Gasteiger partial charge in [0.1, 0.15) is 6.33 Å². The van der Waals surface area contributed by atoms with E-state index in [0.717, 1.165) is 11.3 Å². The van der Waals surface area contributed by atoms with Gasteiger partial charge in [-0.2, -0.15) is 10.1 Å². The predicted octanol–water partition coefficient (Wildman–Crippen LogP) is 2.82. The van der Waals surface area contributed by atoms with Gasteiger partial charge < -0.3 is 10.1 Å². The number of aromatic nitrogens is 4. The molecule has 8 nitrogen and oxygen atoms in total. The lowest BCUT2D eigenvalue weighted by Gasteiger charge is -2.16. The Morgan fingerprint density at radius 2 is 2.04 bits per heavy atom. The van der Waals surface area contributed by atoms with Crippen molar-refractivity contribution in [3.05, 3.63) is 52.1 Å². The van der Waals surface area contributed by atoms with Crippen molar-refractivity contribution < 1.29 is 14.3 Å². The third kappa shape index (κ3) is 4.12. The number of ether oxygens (including phenoxy) is 1. The molecule has 0 radical (unpaired) electrons. The van der Waals surface area contributed by atoms with E-state index in [1.807, 2.05) is 13.8 Å². The molecule has 3 rings (SSSR count). The first-order valence-corrected chi connectivity index (χ1v) is 9.06. The van der Waals surface area contributed by atoms with Crippen LogP contribution in [0.4, 0.5) is 5.69 Å². The van der Waals surface area contributed by atoms with E-state index in [9.17, 15) is 9.59 Å². The van der Waals surface area contributed by atoms with Crippen molar-refractivity contribution in [1.82, 2.24) is 19.6 Å². The monoisotopic (exact) mass is 401 g/mol. The van der Waals surface area contributed by atoms with Crippen LogP contribution in [-0.4, -0.2) is 37.6 Å². The van der Waals surface area contributed by atoms with Crippen molar-refractivity contribution >= 4 is 34.9 Å². The molecule has 0 unspecified atom stereocenters. The average Bonchev–Trinajstić information content (AvgIpc) is 3.10. The number of carbonyl (C=O) groups excluding carboxylic acids is 2. The highest BCUT2D eigenvalue weighted by Gasteiger charge is 2.21. The molecular formula is C19H20ClN5O3. The normalized spacial score (nSPS) is 12.0. The topological polar surface area (TPSA) is 98.5 Å². The van der Waals surface area contributed by atoms with Crippen molar-refractivity contribution in [2.45, 2.75) is 40.2 Å². The van der Waals surface area contributed by atoms with Gasteiger partial charge in [-0.3, -0.25) is 9.59 Å². The molecule has 28 heavy (non-hydrogen) atoms. The Hall–Kier alpha value is -3.00. The SMILES string of the molecule is Cc1ccc(Cl)cc1NC(=O)[C@@H](C)OC(=O)Cc1c(C)nc2ncnn2c1C. The van der Waals surface area contributed by atoms with Crippen LogP contribution in [0.3, 0.4) is 0 Å². The molecule has 1 atom stereocenters. The van der Waals surface area contributed by atoms with Crippen LogP contribution >= 0.6 is 11.6 Å². The highest BCUT2D eigenvalue weighted by molar-refractivity contribution is 6.31. The minimum Gasteiger partial charge on any atom is -0.452 e. The van der Waals surface area contributed by atoms with Crippen LogP contribution < -0.4 is 5.32 Å². The van der Waals surface area contributed by atoms with E-state index in [1.165, 1.54) is 13.3 Å². The second-order valence-electron chi connectivity index (χ2n) is 6.49. The van der Waals surface area contributed by atoms with E-state index < -0.39 is 18.0 Å². The van der Waals surface area contributed by atoms with E-state index in [1.54, 1.807) is 29.6 Å². The van der Waals surface area contributed by atoms with Gasteiger partial charge >= 0.3 is 5.97 Å². The molecule has 0 saturated heterocycles. The van der Waals surface area contributed by atoms with Crippen molar-refractivity contribution in [1.29, 1.82) is 0 Å². The molecule has 9 heteroatoms. The Balaban J connectivity index is 1.67. The van der Waals surface area contributed by atoms with Crippen LogP contribution in [0.5, 0.6) is 0 Å². The third-order valence-electron chi connectivity index (χ3n) is 4.44. The number of benzene rings is 1. The van der Waals surface area contributed by atoms with Gasteiger partial charge in [-0.1, -0.05) is 17.7 Å². The zero-order chi connectivity index (χ0) is 20.4. The molecule has 0 bridgehead atoms. The number of anilines is 1. The van der Waals surface area contributed by atoms with Gasteiger partial charge in [-0.15, -0.1) is 0 Å². The fourth-order valence-corrected chi connectivity index (χ4v) is 2.98. The first kappa shape index (κ1) is 19.8. The average molecular weight is 402 g/mol. The van der Waals surface area contributed by atoms with Gasteiger partial charge in [0.15, 0.2) is 6.10 Å². The van der Waals surface area contributed by atoms with Gasteiger partial charge in [0, 0.05) is 27.7 Å². The Morgan fingerprint density at radius 1 is 1.29 bits per heavy atom. The summed E-state index contributed by atoms with van der Waals surface area (Å²) in [6, 6.07) is 5.18. The van der Waals surface area contributed by atoms with Crippen LogP contribution in [0.25, 0.3) is 5.78 Å². The minimum absolute atomic E-state index is 0.0196. The lowest BCUT2D eigenvalue weighted by atomic mass is 10.1. The molecule has 0 aliphatic carbocycles. The zero-order valence-electron chi connectivity index (χ0n) is 16.0. The molecule has 1 N–H and O–H groups in total. The molecule has 0 spiro atoms. The summed E-state index contributed by atoms with van der Waals surface area (Å²) >= 11 is 5.96. The molecule has 2 aromatic heterocycles. The number of aryl methyl sites for hydroxylation is 3. The van der Waals surface area contributed by atoms with E-state index in [-0.39, 0.29) is 6.42 Å². The zero-order valence-corrected chi connectivity index (χ0v) is 16.7. The molecule has 2 heterocycles. The Morgan fingerprint density at radius 3 is 2.79 bits per heavy atom. The summed E-state index contributed by atoms with van der Waals surface area (Å²) in [6.07, 6.45) is 0.421. The number of hydrogen-bond acceptors (Lipinski definition) is 6. The number of nitrogens with one attached hydrogen (secondary N) is 1. The highest BCUT2D eigenvalue weighted by Crippen LogP contribution is 2.20. The number of halogens is 1. The van der Waals surface area contributed by atoms with Crippen LogP contribution in [0.1, 0.15) is 29.4 Å². The van der Waals surface area contributed by atoms with Crippen molar-refractivity contribution in [2.75, 3.05) is 5.32 Å².